The molecule has 112 valence electrons. The molecule has 0 amide bonds. The van der Waals surface area contributed by atoms with Crippen molar-refractivity contribution in [3.8, 4) is 0 Å². The molecule has 2 aromatic carbocycles. The molecule has 0 saturated carbocycles. The maximum atomic E-state index is 11.6. The van der Waals surface area contributed by atoms with Crippen molar-refractivity contribution in [2.45, 2.75) is 12.5 Å². The Bertz CT molecular complexity index is 698. The first-order chi connectivity index (χ1) is 10.7. The number of methoxy groups -OCH3 is 1. The third-order valence-corrected chi connectivity index (χ3v) is 3.45. The molecule has 0 aliphatic carbocycles. The number of aliphatic hydroxyl groups is 1. The van der Waals surface area contributed by atoms with E-state index in [-0.39, 0.29) is 12.4 Å². The van der Waals surface area contributed by atoms with Crippen LogP contribution < -0.4 is 0 Å². The summed E-state index contributed by atoms with van der Waals surface area (Å²) in [4.78, 5) is 11.6. The summed E-state index contributed by atoms with van der Waals surface area (Å²) in [6.45, 7) is 3.69. The van der Waals surface area contributed by atoms with Crippen LogP contribution in [-0.2, 0) is 16.0 Å². The van der Waals surface area contributed by atoms with Gasteiger partial charge in [0.15, 0.2) is 0 Å². The fourth-order valence-electron chi connectivity index (χ4n) is 2.31. The van der Waals surface area contributed by atoms with Crippen molar-refractivity contribution in [3.63, 3.8) is 0 Å². The minimum atomic E-state index is -0.850. The van der Waals surface area contributed by atoms with Gasteiger partial charge in [-0.05, 0) is 16.7 Å². The van der Waals surface area contributed by atoms with Gasteiger partial charge in [0.1, 0.15) is 6.10 Å². The predicted molar refractivity (Wildman–Crippen MR) is 86.1 cm³/mol. The molecule has 0 aliphatic rings. The molecule has 0 heterocycles. The fourth-order valence-corrected chi connectivity index (χ4v) is 2.31. The summed E-state index contributed by atoms with van der Waals surface area (Å²) in [5, 5.41) is 10.6. The van der Waals surface area contributed by atoms with Crippen LogP contribution in [-0.4, -0.2) is 18.2 Å². The Morgan fingerprint density at radius 2 is 1.82 bits per heavy atom. The Morgan fingerprint density at radius 1 is 1.18 bits per heavy atom. The average Bonchev–Trinajstić information content (AvgIpc) is 2.57. The molecule has 1 unspecified atom stereocenters. The zero-order valence-corrected chi connectivity index (χ0v) is 12.5. The van der Waals surface area contributed by atoms with Gasteiger partial charge >= 0.3 is 5.97 Å². The van der Waals surface area contributed by atoms with E-state index in [0.29, 0.717) is 5.57 Å². The molecule has 0 aliphatic heterocycles. The van der Waals surface area contributed by atoms with Gasteiger partial charge in [-0.15, -0.1) is 5.73 Å². The Hall–Kier alpha value is -2.61. The molecular weight excluding hydrogens is 276 g/mol. The summed E-state index contributed by atoms with van der Waals surface area (Å²) in [6.07, 6.45) is -0.711. The lowest BCUT2D eigenvalue weighted by Gasteiger charge is -2.16. The minimum Gasteiger partial charge on any atom is -0.469 e. The number of ether oxygens (including phenoxy) is 1. The Kier molecular flexibility index (Phi) is 5.31. The third-order valence-electron chi connectivity index (χ3n) is 3.45. The van der Waals surface area contributed by atoms with Gasteiger partial charge in [-0.3, -0.25) is 4.79 Å². The molecule has 22 heavy (non-hydrogen) atoms. The first-order valence-electron chi connectivity index (χ1n) is 6.95. The van der Waals surface area contributed by atoms with E-state index in [1.165, 1.54) is 7.11 Å². The van der Waals surface area contributed by atoms with Crippen molar-refractivity contribution >= 4 is 11.5 Å². The highest BCUT2D eigenvalue weighted by molar-refractivity contribution is 5.78. The molecule has 0 radical (unpaired) electrons. The lowest BCUT2D eigenvalue weighted by atomic mass is 9.91. The number of hydrogen-bond donors (Lipinski definition) is 1. The molecule has 3 heteroatoms. The second-order valence-corrected chi connectivity index (χ2v) is 4.81. The van der Waals surface area contributed by atoms with Gasteiger partial charge in [-0.2, -0.15) is 0 Å². The van der Waals surface area contributed by atoms with Crippen LogP contribution in [0.3, 0.4) is 0 Å². The van der Waals surface area contributed by atoms with Crippen LogP contribution in [0.25, 0.3) is 5.57 Å². The van der Waals surface area contributed by atoms with E-state index in [0.717, 1.165) is 16.7 Å². The van der Waals surface area contributed by atoms with Crippen molar-refractivity contribution < 1.29 is 14.6 Å². The van der Waals surface area contributed by atoms with Crippen LogP contribution >= 0.6 is 0 Å². The number of aliphatic hydroxyl groups excluding tert-OH is 1. The maximum absolute atomic E-state index is 11.6. The molecule has 0 fully saturated rings. The summed E-state index contributed by atoms with van der Waals surface area (Å²) in [5.41, 5.74) is 5.63. The number of carbonyl (C=O) groups is 1. The molecule has 0 bridgehead atoms. The Morgan fingerprint density at radius 3 is 2.45 bits per heavy atom. The van der Waals surface area contributed by atoms with Gasteiger partial charge < -0.3 is 9.84 Å². The van der Waals surface area contributed by atoms with Crippen LogP contribution in [0.5, 0.6) is 0 Å². The standard InChI is InChI=1S/C19H18O3/c1-3-16(19(21)14-9-5-4-6-10-14)17-12-8-7-11-15(17)13-18(20)22-2/h4-12,19,21H,1,13H2,2H3. The molecule has 3 nitrogen and oxygen atoms in total. The predicted octanol–water partition coefficient (Wildman–Crippen LogP) is 3.30. The monoisotopic (exact) mass is 294 g/mol. The first-order valence-corrected chi connectivity index (χ1v) is 6.95. The topological polar surface area (TPSA) is 46.5 Å². The van der Waals surface area contributed by atoms with Crippen LogP contribution in [0.15, 0.2) is 66.9 Å². The highest BCUT2D eigenvalue weighted by Gasteiger charge is 2.18. The number of carbonyl (C=O) groups excluding carboxylic acids is 1. The molecular formula is C19H18O3. The van der Waals surface area contributed by atoms with Gasteiger partial charge in [-0.1, -0.05) is 61.2 Å². The first kappa shape index (κ1) is 15.8. The number of esters is 1. The van der Waals surface area contributed by atoms with Crippen LogP contribution in [0, 0.1) is 0 Å². The number of hydrogen-bond acceptors (Lipinski definition) is 3. The van der Waals surface area contributed by atoms with Crippen molar-refractivity contribution in [1.29, 1.82) is 0 Å². The fraction of sp³-hybridized carbons (Fsp3) is 0.158. The van der Waals surface area contributed by atoms with Crippen LogP contribution in [0.2, 0.25) is 0 Å². The summed E-state index contributed by atoms with van der Waals surface area (Å²) < 4.78 is 4.72. The van der Waals surface area contributed by atoms with Crippen LogP contribution in [0.4, 0.5) is 0 Å². The van der Waals surface area contributed by atoms with Gasteiger partial charge in [0.2, 0.25) is 0 Å². The van der Waals surface area contributed by atoms with Crippen molar-refractivity contribution in [2.24, 2.45) is 0 Å². The highest BCUT2D eigenvalue weighted by atomic mass is 16.5. The van der Waals surface area contributed by atoms with E-state index in [4.69, 9.17) is 4.74 Å². The summed E-state index contributed by atoms with van der Waals surface area (Å²) in [5.74, 6) is -0.329. The average molecular weight is 294 g/mol. The smallest absolute Gasteiger partial charge is 0.309 e. The molecule has 2 aromatic rings. The molecule has 0 aromatic heterocycles. The van der Waals surface area contributed by atoms with E-state index >= 15 is 0 Å². The van der Waals surface area contributed by atoms with Crippen molar-refractivity contribution in [1.82, 2.24) is 0 Å². The largest absolute Gasteiger partial charge is 0.469 e. The van der Waals surface area contributed by atoms with Gasteiger partial charge in [0, 0.05) is 5.57 Å². The van der Waals surface area contributed by atoms with Crippen LogP contribution in [0.1, 0.15) is 22.8 Å². The number of benzene rings is 2. The van der Waals surface area contributed by atoms with E-state index in [1.807, 2.05) is 54.6 Å². The Balaban J connectivity index is 2.40. The summed E-state index contributed by atoms with van der Waals surface area (Å²) >= 11 is 0. The third kappa shape index (κ3) is 3.53. The Labute approximate surface area is 130 Å². The lowest BCUT2D eigenvalue weighted by molar-refractivity contribution is -0.139. The summed E-state index contributed by atoms with van der Waals surface area (Å²) in [7, 11) is 1.36. The van der Waals surface area contributed by atoms with Gasteiger partial charge in [0.25, 0.3) is 0 Å². The quantitative estimate of drug-likeness (QED) is 0.680. The normalized spacial score (nSPS) is 11.4. The maximum Gasteiger partial charge on any atom is 0.309 e. The molecule has 1 N–H and O–H groups in total. The minimum absolute atomic E-state index is 0.138. The second-order valence-electron chi connectivity index (χ2n) is 4.81. The van der Waals surface area contributed by atoms with Crippen molar-refractivity contribution in [2.75, 3.05) is 7.11 Å². The second kappa shape index (κ2) is 7.41. The lowest BCUT2D eigenvalue weighted by Crippen LogP contribution is -2.08. The number of rotatable bonds is 5. The van der Waals surface area contributed by atoms with E-state index in [1.54, 1.807) is 0 Å². The van der Waals surface area contributed by atoms with E-state index in [2.05, 4.69) is 12.3 Å². The SMILES string of the molecule is C=C=C(c1ccccc1CC(=O)OC)C(O)c1ccccc1. The molecule has 1 atom stereocenters. The van der Waals surface area contributed by atoms with Crippen molar-refractivity contribution in [3.05, 3.63) is 83.6 Å². The van der Waals surface area contributed by atoms with E-state index in [9.17, 15) is 9.90 Å². The molecule has 0 spiro atoms. The highest BCUT2D eigenvalue weighted by Crippen LogP contribution is 2.31. The summed E-state index contributed by atoms with van der Waals surface area (Å²) in [6, 6.07) is 16.7. The van der Waals surface area contributed by atoms with E-state index < -0.39 is 6.10 Å². The van der Waals surface area contributed by atoms with Gasteiger partial charge in [-0.25, -0.2) is 0 Å². The molecule has 0 saturated heterocycles. The zero-order valence-electron chi connectivity index (χ0n) is 12.5. The zero-order chi connectivity index (χ0) is 15.9. The van der Waals surface area contributed by atoms with Gasteiger partial charge in [0.05, 0.1) is 13.5 Å². The molecule has 2 rings (SSSR count).